The van der Waals surface area contributed by atoms with Gasteiger partial charge in [-0.15, -0.1) is 0 Å². The highest BCUT2D eigenvalue weighted by atomic mass is 79.9. The third-order valence-electron chi connectivity index (χ3n) is 7.81. The fraction of sp³-hybridized carbons (Fsp3) is 0.278. The molecule has 0 bridgehead atoms. The molecule has 0 fully saturated rings. The third kappa shape index (κ3) is 7.63. The Morgan fingerprint density at radius 1 is 1.04 bits per heavy atom. The maximum atomic E-state index is 14.2. The second-order valence-electron chi connectivity index (χ2n) is 11.1. The van der Waals surface area contributed by atoms with Gasteiger partial charge in [0.2, 0.25) is 6.79 Å². The van der Waals surface area contributed by atoms with E-state index in [0.717, 1.165) is 5.56 Å². The average molecular weight is 800 g/mol. The summed E-state index contributed by atoms with van der Waals surface area (Å²) in [6.45, 7) is 5.72. The van der Waals surface area contributed by atoms with Crippen LogP contribution in [0.15, 0.2) is 74.1 Å². The number of hydrogen-bond acceptors (Lipinski definition) is 12. The van der Waals surface area contributed by atoms with E-state index in [4.69, 9.17) is 40.0 Å². The van der Waals surface area contributed by atoms with Gasteiger partial charge in [-0.1, -0.05) is 35.1 Å². The minimum absolute atomic E-state index is 0.128. The quantitative estimate of drug-likeness (QED) is 0.170. The number of aromatic nitrogens is 1. The van der Waals surface area contributed by atoms with Gasteiger partial charge in [-0.25, -0.2) is 14.6 Å². The van der Waals surface area contributed by atoms with Crippen LogP contribution < -0.4 is 38.6 Å². The Labute approximate surface area is 309 Å². The minimum atomic E-state index is -0.904. The Kier molecular flexibility index (Phi) is 11.0. The highest BCUT2D eigenvalue weighted by Crippen LogP contribution is 2.38. The summed E-state index contributed by atoms with van der Waals surface area (Å²) in [4.78, 5) is 44.4. The van der Waals surface area contributed by atoms with Crippen LogP contribution in [0.1, 0.15) is 43.5 Å². The summed E-state index contributed by atoms with van der Waals surface area (Å²) in [6, 6.07) is 13.2. The van der Waals surface area contributed by atoms with Gasteiger partial charge in [0.25, 0.3) is 5.56 Å². The van der Waals surface area contributed by atoms with Crippen LogP contribution in [-0.2, 0) is 25.7 Å². The molecule has 0 saturated carbocycles. The van der Waals surface area contributed by atoms with Crippen molar-refractivity contribution in [1.82, 2.24) is 4.57 Å². The first-order valence-corrected chi connectivity index (χ1v) is 17.8. The van der Waals surface area contributed by atoms with Crippen molar-refractivity contribution in [2.24, 2.45) is 4.99 Å². The molecule has 3 heterocycles. The number of ether oxygens (including phenoxy) is 7. The van der Waals surface area contributed by atoms with E-state index in [1.807, 2.05) is 18.2 Å². The molecule has 2 aliphatic rings. The first-order valence-electron chi connectivity index (χ1n) is 15.8. The SMILES string of the molecule is CCOC(=O)C1=C(C)N=c2s/c(=C\c3cc(Cl)c(OCc4ccc5c(c4)OCO5)c(Br)c3)c(=O)n2[C@@H]1c1ccc(OCC(=O)OC)c(OCC)c1. The van der Waals surface area contributed by atoms with Crippen LogP contribution in [-0.4, -0.2) is 50.2 Å². The maximum absolute atomic E-state index is 14.2. The second kappa shape index (κ2) is 15.6. The van der Waals surface area contributed by atoms with E-state index in [1.165, 1.54) is 23.0 Å². The fourth-order valence-electron chi connectivity index (χ4n) is 5.52. The maximum Gasteiger partial charge on any atom is 0.343 e. The standard InChI is InChI=1S/C36H32BrClN2O10S/c1-5-45-28-15-22(8-10-25(28)47-17-30(41)44-4)32-31(35(43)46-6-2)19(3)39-36-40(32)34(42)29(51-36)14-21-11-23(37)33(24(38)12-21)48-16-20-7-9-26-27(13-20)50-18-49-26/h7-15,32H,5-6,16-18H2,1-4H3/b29-14-/t32-/m1/s1. The summed E-state index contributed by atoms with van der Waals surface area (Å²) in [5.74, 6) is 1.22. The van der Waals surface area contributed by atoms with Crippen LogP contribution in [0.4, 0.5) is 0 Å². The lowest BCUT2D eigenvalue weighted by atomic mass is 9.95. The number of carbonyl (C=O) groups excluding carboxylic acids is 2. The van der Waals surface area contributed by atoms with Gasteiger partial charge < -0.3 is 33.2 Å². The molecule has 0 aliphatic carbocycles. The van der Waals surface area contributed by atoms with Crippen molar-refractivity contribution in [1.29, 1.82) is 0 Å². The van der Waals surface area contributed by atoms with E-state index >= 15 is 0 Å². The Morgan fingerprint density at radius 2 is 1.84 bits per heavy atom. The van der Waals surface area contributed by atoms with Gasteiger partial charge in [-0.2, -0.15) is 0 Å². The van der Waals surface area contributed by atoms with Crippen molar-refractivity contribution >= 4 is 56.9 Å². The van der Waals surface area contributed by atoms with Crippen molar-refractivity contribution in [3.05, 3.63) is 106 Å². The monoisotopic (exact) mass is 798 g/mol. The van der Waals surface area contributed by atoms with Gasteiger partial charge in [-0.3, -0.25) is 9.36 Å². The Hall–Kier alpha value is -4.79. The number of methoxy groups -OCH3 is 1. The van der Waals surface area contributed by atoms with Crippen LogP contribution in [0.25, 0.3) is 6.08 Å². The van der Waals surface area contributed by atoms with Crippen LogP contribution in [0.2, 0.25) is 5.02 Å². The van der Waals surface area contributed by atoms with Crippen molar-refractivity contribution in [3.8, 4) is 28.7 Å². The van der Waals surface area contributed by atoms with Gasteiger partial charge in [0.05, 0.1) is 51.7 Å². The molecule has 1 atom stereocenters. The molecule has 15 heteroatoms. The van der Waals surface area contributed by atoms with Crippen LogP contribution in [0, 0.1) is 0 Å². The van der Waals surface area contributed by atoms with Gasteiger partial charge in [-0.05, 0) is 95.9 Å². The van der Waals surface area contributed by atoms with Gasteiger partial charge in [0, 0.05) is 0 Å². The van der Waals surface area contributed by atoms with Crippen molar-refractivity contribution in [3.63, 3.8) is 0 Å². The second-order valence-corrected chi connectivity index (χ2v) is 13.4. The molecule has 12 nitrogen and oxygen atoms in total. The topological polar surface area (TPSA) is 133 Å². The van der Waals surface area contributed by atoms with E-state index in [1.54, 1.807) is 57.2 Å². The summed E-state index contributed by atoms with van der Waals surface area (Å²) in [6.07, 6.45) is 1.71. The number of carbonyl (C=O) groups is 2. The number of fused-ring (bicyclic) bond motifs is 2. The molecule has 266 valence electrons. The molecule has 6 rings (SSSR count). The highest BCUT2D eigenvalue weighted by Gasteiger charge is 2.34. The normalized spacial score (nSPS) is 14.9. The number of nitrogens with zero attached hydrogens (tertiary/aromatic N) is 2. The van der Waals surface area contributed by atoms with Crippen molar-refractivity contribution in [2.45, 2.75) is 33.4 Å². The molecular formula is C36H32BrClN2O10S. The van der Waals surface area contributed by atoms with E-state index in [2.05, 4.69) is 25.7 Å². The molecule has 0 spiro atoms. The first kappa shape index (κ1) is 36.0. The number of allylic oxidation sites excluding steroid dienone is 1. The molecule has 0 radical (unpaired) electrons. The number of benzene rings is 3. The molecule has 0 saturated heterocycles. The van der Waals surface area contributed by atoms with Crippen molar-refractivity contribution < 1.29 is 42.7 Å². The van der Waals surface area contributed by atoms with Gasteiger partial charge >= 0.3 is 11.9 Å². The van der Waals surface area contributed by atoms with E-state index in [9.17, 15) is 14.4 Å². The first-order chi connectivity index (χ1) is 24.6. The zero-order chi connectivity index (χ0) is 36.2. The van der Waals surface area contributed by atoms with E-state index in [0.29, 0.717) is 71.0 Å². The Balaban J connectivity index is 1.37. The van der Waals surface area contributed by atoms with Crippen LogP contribution in [0.5, 0.6) is 28.7 Å². The summed E-state index contributed by atoms with van der Waals surface area (Å²) in [5.41, 5.74) is 2.29. The van der Waals surface area contributed by atoms with Crippen molar-refractivity contribution in [2.75, 3.05) is 33.7 Å². The zero-order valence-corrected chi connectivity index (χ0v) is 31.1. The third-order valence-corrected chi connectivity index (χ3v) is 9.66. The summed E-state index contributed by atoms with van der Waals surface area (Å²) in [7, 11) is 1.26. The predicted molar refractivity (Wildman–Crippen MR) is 192 cm³/mol. The lowest BCUT2D eigenvalue weighted by Crippen LogP contribution is -2.40. The lowest BCUT2D eigenvalue weighted by molar-refractivity contribution is -0.143. The minimum Gasteiger partial charge on any atom is -0.490 e. The molecule has 1 aromatic heterocycles. The number of thiazole rings is 1. The van der Waals surface area contributed by atoms with E-state index < -0.39 is 18.0 Å². The molecule has 51 heavy (non-hydrogen) atoms. The molecule has 0 amide bonds. The van der Waals surface area contributed by atoms with E-state index in [-0.39, 0.29) is 37.7 Å². The summed E-state index contributed by atoms with van der Waals surface area (Å²) >= 11 is 11.4. The van der Waals surface area contributed by atoms with Crippen LogP contribution >= 0.6 is 38.9 Å². The molecule has 4 aromatic rings. The van der Waals surface area contributed by atoms with Gasteiger partial charge in [0.1, 0.15) is 6.61 Å². The number of rotatable bonds is 12. The Bertz CT molecular complexity index is 2210. The smallest absolute Gasteiger partial charge is 0.343 e. The summed E-state index contributed by atoms with van der Waals surface area (Å²) < 4.78 is 40.9. The van der Waals surface area contributed by atoms with Crippen LogP contribution in [0.3, 0.4) is 0 Å². The molecule has 2 aliphatic heterocycles. The largest absolute Gasteiger partial charge is 0.490 e. The average Bonchev–Trinajstić information content (AvgIpc) is 3.70. The summed E-state index contributed by atoms with van der Waals surface area (Å²) in [5, 5.41) is 0.334. The molecule has 0 unspecified atom stereocenters. The molecule has 3 aromatic carbocycles. The predicted octanol–water partition coefficient (Wildman–Crippen LogP) is 5.47. The number of hydrogen-bond donors (Lipinski definition) is 0. The number of halogens is 2. The fourth-order valence-corrected chi connectivity index (χ4v) is 7.56. The highest BCUT2D eigenvalue weighted by molar-refractivity contribution is 9.10. The van der Waals surface area contributed by atoms with Gasteiger partial charge in [0.15, 0.2) is 40.2 Å². The number of esters is 2. The molecular weight excluding hydrogens is 768 g/mol. The Morgan fingerprint density at radius 3 is 2.59 bits per heavy atom. The molecule has 0 N–H and O–H groups in total. The zero-order valence-electron chi connectivity index (χ0n) is 28.0. The lowest BCUT2D eigenvalue weighted by Gasteiger charge is -2.25.